The number of aliphatic hydroxyl groups is 1. The molecule has 3 rings (SSSR count). The van der Waals surface area contributed by atoms with Gasteiger partial charge in [-0.2, -0.15) is 4.98 Å². The lowest BCUT2D eigenvalue weighted by molar-refractivity contribution is -0.118. The Bertz CT molecular complexity index is 878. The number of aryl methyl sites for hydroxylation is 1. The average Bonchev–Trinajstić information content (AvgIpc) is 2.71. The van der Waals surface area contributed by atoms with E-state index in [1.165, 1.54) is 17.3 Å². The molecule has 0 unspecified atom stereocenters. The largest absolute Gasteiger partial charge is 0.396 e. The normalized spacial score (nSPS) is 13.2. The number of thioether (sulfide) groups is 1. The summed E-state index contributed by atoms with van der Waals surface area (Å²) in [5, 5.41) is 12.7. The van der Waals surface area contributed by atoms with Gasteiger partial charge in [-0.15, -0.1) is 0 Å². The zero-order valence-electron chi connectivity index (χ0n) is 16.2. The van der Waals surface area contributed by atoms with Crippen molar-refractivity contribution in [3.8, 4) is 0 Å². The minimum absolute atomic E-state index is 0.0544. The molecule has 7 heteroatoms. The Morgan fingerprint density at radius 1 is 1.25 bits per heavy atom. The van der Waals surface area contributed by atoms with Crippen LogP contribution in [0.1, 0.15) is 41.6 Å². The number of aromatic nitrogens is 2. The third-order valence-electron chi connectivity index (χ3n) is 4.94. The highest BCUT2D eigenvalue weighted by Crippen LogP contribution is 2.28. The second-order valence-corrected chi connectivity index (χ2v) is 8.08. The fourth-order valence-corrected chi connectivity index (χ4v) is 4.32. The van der Waals surface area contributed by atoms with Gasteiger partial charge in [-0.3, -0.25) is 9.36 Å². The van der Waals surface area contributed by atoms with E-state index in [2.05, 4.69) is 10.3 Å². The zero-order chi connectivity index (χ0) is 19.9. The maximum atomic E-state index is 12.5. The first-order chi connectivity index (χ1) is 13.6. The maximum absolute atomic E-state index is 12.5. The Morgan fingerprint density at radius 3 is 2.75 bits per heavy atom. The van der Waals surface area contributed by atoms with Crippen LogP contribution in [0.5, 0.6) is 0 Å². The molecule has 28 heavy (non-hydrogen) atoms. The van der Waals surface area contributed by atoms with Crippen LogP contribution < -0.4 is 11.0 Å². The summed E-state index contributed by atoms with van der Waals surface area (Å²) in [6.45, 7) is 3.07. The molecule has 0 aliphatic heterocycles. The van der Waals surface area contributed by atoms with Gasteiger partial charge in [0, 0.05) is 31.0 Å². The lowest BCUT2D eigenvalue weighted by Crippen LogP contribution is -2.31. The van der Waals surface area contributed by atoms with E-state index in [4.69, 9.17) is 5.11 Å². The van der Waals surface area contributed by atoms with E-state index in [9.17, 15) is 9.59 Å². The van der Waals surface area contributed by atoms with Crippen LogP contribution in [0.3, 0.4) is 0 Å². The van der Waals surface area contributed by atoms with E-state index in [0.29, 0.717) is 24.5 Å². The summed E-state index contributed by atoms with van der Waals surface area (Å²) in [7, 11) is 0. The molecule has 1 amide bonds. The van der Waals surface area contributed by atoms with Gasteiger partial charge in [0.25, 0.3) is 0 Å². The minimum atomic E-state index is -0.281. The van der Waals surface area contributed by atoms with Gasteiger partial charge in [0.15, 0.2) is 0 Å². The molecule has 0 saturated carbocycles. The molecule has 0 spiro atoms. The molecule has 0 saturated heterocycles. The van der Waals surface area contributed by atoms with Crippen molar-refractivity contribution >= 4 is 17.7 Å². The van der Waals surface area contributed by atoms with Crippen LogP contribution in [-0.2, 0) is 30.7 Å². The number of fused-ring (bicyclic) bond motifs is 1. The first kappa shape index (κ1) is 20.6. The molecule has 0 fully saturated rings. The lowest BCUT2D eigenvalue weighted by Gasteiger charge is -2.22. The Kier molecular flexibility index (Phi) is 7.28. The highest BCUT2D eigenvalue weighted by molar-refractivity contribution is 7.99. The number of amides is 1. The molecule has 1 heterocycles. The quantitative estimate of drug-likeness (QED) is 0.523. The monoisotopic (exact) mass is 401 g/mol. The summed E-state index contributed by atoms with van der Waals surface area (Å²) in [5.74, 6) is 0.173. The number of aliphatic hydroxyl groups excluding tert-OH is 1. The zero-order valence-corrected chi connectivity index (χ0v) is 17.1. The van der Waals surface area contributed by atoms with Gasteiger partial charge >= 0.3 is 5.69 Å². The number of carbonyl (C=O) groups excluding carboxylic acids is 1. The summed E-state index contributed by atoms with van der Waals surface area (Å²) in [4.78, 5) is 29.0. The van der Waals surface area contributed by atoms with Gasteiger partial charge in [0.2, 0.25) is 5.91 Å². The lowest BCUT2D eigenvalue weighted by atomic mass is 9.97. The van der Waals surface area contributed by atoms with Crippen molar-refractivity contribution < 1.29 is 9.90 Å². The summed E-state index contributed by atoms with van der Waals surface area (Å²) < 4.78 is 1.70. The fraction of sp³-hybridized carbons (Fsp3) is 0.476. The van der Waals surface area contributed by atoms with Crippen molar-refractivity contribution in [2.75, 3.05) is 12.4 Å². The summed E-state index contributed by atoms with van der Waals surface area (Å²) in [6, 6.07) is 8.07. The average molecular weight is 402 g/mol. The van der Waals surface area contributed by atoms with Crippen molar-refractivity contribution in [3.05, 3.63) is 57.1 Å². The highest BCUT2D eigenvalue weighted by atomic mass is 32.2. The van der Waals surface area contributed by atoms with Crippen LogP contribution in [-0.4, -0.2) is 32.9 Å². The Morgan fingerprint density at radius 2 is 2.00 bits per heavy atom. The van der Waals surface area contributed by atoms with E-state index >= 15 is 0 Å². The molecule has 0 bridgehead atoms. The van der Waals surface area contributed by atoms with Gasteiger partial charge < -0.3 is 10.4 Å². The molecule has 1 aromatic heterocycles. The van der Waals surface area contributed by atoms with Crippen LogP contribution in [0.4, 0.5) is 0 Å². The first-order valence-corrected chi connectivity index (χ1v) is 10.8. The second kappa shape index (κ2) is 9.89. The number of carbonyl (C=O) groups is 1. The number of hydrogen-bond donors (Lipinski definition) is 2. The number of nitrogens with one attached hydrogen (secondary N) is 1. The number of benzene rings is 1. The minimum Gasteiger partial charge on any atom is -0.396 e. The van der Waals surface area contributed by atoms with E-state index in [-0.39, 0.29) is 24.0 Å². The molecule has 1 aliphatic rings. The van der Waals surface area contributed by atoms with E-state index in [1.807, 2.05) is 31.2 Å². The summed E-state index contributed by atoms with van der Waals surface area (Å²) in [6.07, 6.45) is 4.40. The summed E-state index contributed by atoms with van der Waals surface area (Å²) >= 11 is 1.34. The molecule has 2 N–H and O–H groups in total. The number of nitrogens with zero attached hydrogens (tertiary/aromatic N) is 2. The van der Waals surface area contributed by atoms with E-state index in [1.54, 1.807) is 4.57 Å². The van der Waals surface area contributed by atoms with Crippen LogP contribution in [0.2, 0.25) is 0 Å². The third kappa shape index (κ3) is 5.23. The van der Waals surface area contributed by atoms with Gasteiger partial charge in [-0.1, -0.05) is 41.6 Å². The molecule has 0 atom stereocenters. The van der Waals surface area contributed by atoms with Gasteiger partial charge in [0.05, 0.1) is 5.75 Å². The molecule has 2 aromatic rings. The second-order valence-electron chi connectivity index (χ2n) is 7.11. The van der Waals surface area contributed by atoms with Crippen LogP contribution in [0, 0.1) is 6.92 Å². The van der Waals surface area contributed by atoms with E-state index in [0.717, 1.165) is 42.5 Å². The first-order valence-electron chi connectivity index (χ1n) is 9.77. The van der Waals surface area contributed by atoms with Crippen molar-refractivity contribution in [2.24, 2.45) is 0 Å². The molecule has 1 aliphatic carbocycles. The Labute approximate surface area is 169 Å². The fourth-order valence-electron chi connectivity index (χ4n) is 3.42. The molecule has 1 aromatic carbocycles. The molecule has 150 valence electrons. The van der Waals surface area contributed by atoms with Crippen LogP contribution in [0.15, 0.2) is 34.1 Å². The van der Waals surface area contributed by atoms with Crippen molar-refractivity contribution in [3.63, 3.8) is 0 Å². The molecular weight excluding hydrogens is 374 g/mol. The van der Waals surface area contributed by atoms with Gasteiger partial charge in [0.1, 0.15) is 5.03 Å². The SMILES string of the molecule is Cc1ccc(CNC(=O)CSc2nc(=O)n(CCCO)c3c2CCCC3)cc1. The van der Waals surface area contributed by atoms with Crippen molar-refractivity contribution in [2.45, 2.75) is 57.1 Å². The molecular formula is C21H27N3O3S. The maximum Gasteiger partial charge on any atom is 0.348 e. The van der Waals surface area contributed by atoms with Crippen molar-refractivity contribution in [1.82, 2.24) is 14.9 Å². The summed E-state index contributed by atoms with van der Waals surface area (Å²) in [5.41, 5.74) is 4.10. The predicted octanol–water partition coefficient (Wildman–Crippen LogP) is 2.22. The van der Waals surface area contributed by atoms with Gasteiger partial charge in [-0.25, -0.2) is 4.79 Å². The molecule has 6 nitrogen and oxygen atoms in total. The Balaban J connectivity index is 1.65. The van der Waals surface area contributed by atoms with E-state index < -0.39 is 0 Å². The Hall–Kier alpha value is -2.12. The molecule has 0 radical (unpaired) electrons. The predicted molar refractivity (Wildman–Crippen MR) is 111 cm³/mol. The van der Waals surface area contributed by atoms with Gasteiger partial charge in [-0.05, 0) is 44.6 Å². The van der Waals surface area contributed by atoms with Crippen molar-refractivity contribution in [1.29, 1.82) is 0 Å². The standard InChI is InChI=1S/C21H27N3O3S/c1-15-7-9-16(10-8-15)13-22-19(26)14-28-20-17-5-2-3-6-18(17)24(11-4-12-25)21(27)23-20/h7-10,25H,2-6,11-14H2,1H3,(H,22,26). The smallest absolute Gasteiger partial charge is 0.348 e. The topological polar surface area (TPSA) is 84.2 Å². The number of hydrogen-bond acceptors (Lipinski definition) is 5. The third-order valence-corrected chi connectivity index (χ3v) is 5.96. The van der Waals surface area contributed by atoms with Crippen LogP contribution >= 0.6 is 11.8 Å². The number of rotatable bonds is 8. The van der Waals surface area contributed by atoms with Crippen LogP contribution in [0.25, 0.3) is 0 Å². The highest BCUT2D eigenvalue weighted by Gasteiger charge is 2.20.